The van der Waals surface area contributed by atoms with Crippen LogP contribution in [0.3, 0.4) is 0 Å². The molecule has 0 atom stereocenters. The van der Waals surface area contributed by atoms with Crippen molar-refractivity contribution < 1.29 is 19.4 Å². The molecular weight excluding hydrogens is 224 g/mol. The number of hydrogen-bond acceptors (Lipinski definition) is 4. The number of carboxylic acids is 1. The van der Waals surface area contributed by atoms with Crippen LogP contribution in [0.1, 0.15) is 25.7 Å². The molecule has 1 fully saturated rings. The minimum atomic E-state index is -1.13. The maximum absolute atomic E-state index is 11.7. The van der Waals surface area contributed by atoms with Crippen molar-refractivity contribution in [1.82, 2.24) is 10.6 Å². The molecule has 98 valence electrons. The van der Waals surface area contributed by atoms with Gasteiger partial charge in [-0.15, -0.1) is 0 Å². The van der Waals surface area contributed by atoms with E-state index >= 15 is 0 Å². The van der Waals surface area contributed by atoms with E-state index in [1.165, 1.54) is 0 Å². The lowest BCUT2D eigenvalue weighted by atomic mass is 9.90. The molecule has 0 aromatic heterocycles. The molecule has 0 radical (unpaired) electrons. The monoisotopic (exact) mass is 244 g/mol. The fourth-order valence-corrected chi connectivity index (χ4v) is 1.87. The van der Waals surface area contributed by atoms with Crippen molar-refractivity contribution in [3.63, 3.8) is 0 Å². The summed E-state index contributed by atoms with van der Waals surface area (Å²) in [6, 6.07) is 0. The van der Waals surface area contributed by atoms with Crippen molar-refractivity contribution in [3.8, 4) is 0 Å². The Morgan fingerprint density at radius 2 is 2.00 bits per heavy atom. The van der Waals surface area contributed by atoms with Crippen LogP contribution in [0, 0.1) is 0 Å². The molecule has 1 rings (SSSR count). The number of carboxylic acid groups (broad SMARTS) is 1. The maximum atomic E-state index is 11.7. The molecule has 3 N–H and O–H groups in total. The molecule has 6 heteroatoms. The predicted octanol–water partition coefficient (Wildman–Crippen LogP) is -0.264. The van der Waals surface area contributed by atoms with Crippen LogP contribution in [-0.2, 0) is 14.3 Å². The molecule has 0 unspecified atom stereocenters. The Morgan fingerprint density at radius 1 is 1.35 bits per heavy atom. The Labute approximate surface area is 101 Å². The Morgan fingerprint density at radius 3 is 2.53 bits per heavy atom. The molecule has 1 heterocycles. The van der Waals surface area contributed by atoms with Gasteiger partial charge in [-0.25, -0.2) is 4.79 Å². The summed E-state index contributed by atoms with van der Waals surface area (Å²) >= 11 is 0. The molecule has 1 amide bonds. The van der Waals surface area contributed by atoms with Gasteiger partial charge in [0.2, 0.25) is 5.91 Å². The van der Waals surface area contributed by atoms with E-state index in [1.54, 1.807) is 0 Å². The van der Waals surface area contributed by atoms with Crippen LogP contribution < -0.4 is 10.6 Å². The summed E-state index contributed by atoms with van der Waals surface area (Å²) in [6.07, 6.45) is 1.71. The van der Waals surface area contributed by atoms with E-state index in [-0.39, 0.29) is 5.91 Å². The molecule has 0 saturated carbocycles. The molecule has 17 heavy (non-hydrogen) atoms. The van der Waals surface area contributed by atoms with E-state index in [2.05, 4.69) is 10.6 Å². The normalized spacial score (nSPS) is 18.6. The second kappa shape index (κ2) is 6.56. The van der Waals surface area contributed by atoms with E-state index in [0.717, 1.165) is 6.54 Å². The predicted molar refractivity (Wildman–Crippen MR) is 61.7 cm³/mol. The fraction of sp³-hybridized carbons (Fsp3) is 0.818. The van der Waals surface area contributed by atoms with Gasteiger partial charge in [-0.3, -0.25) is 4.79 Å². The number of hydrogen-bond donors (Lipinski definition) is 3. The summed E-state index contributed by atoms with van der Waals surface area (Å²) in [7, 11) is 1.81. The van der Waals surface area contributed by atoms with Crippen molar-refractivity contribution in [2.45, 2.75) is 31.2 Å². The first-order valence-electron chi connectivity index (χ1n) is 5.87. The zero-order valence-electron chi connectivity index (χ0n) is 10.1. The van der Waals surface area contributed by atoms with E-state index in [0.29, 0.717) is 38.9 Å². The second-order valence-corrected chi connectivity index (χ2v) is 4.25. The van der Waals surface area contributed by atoms with Crippen LogP contribution in [0.15, 0.2) is 0 Å². The zero-order valence-corrected chi connectivity index (χ0v) is 10.1. The summed E-state index contributed by atoms with van der Waals surface area (Å²) in [5.41, 5.74) is -1.13. The van der Waals surface area contributed by atoms with Gasteiger partial charge in [0.1, 0.15) is 5.54 Å². The SMILES string of the molecule is CNCCCC(=O)NC1(C(=O)O)CCOCC1. The van der Waals surface area contributed by atoms with Gasteiger partial charge in [0.15, 0.2) is 0 Å². The maximum Gasteiger partial charge on any atom is 0.329 e. The standard InChI is InChI=1S/C11H20N2O4/c1-12-6-2-3-9(14)13-11(10(15)16)4-7-17-8-5-11/h12H,2-8H2,1H3,(H,13,14)(H,15,16). The molecule has 0 aromatic carbocycles. The highest BCUT2D eigenvalue weighted by Gasteiger charge is 2.41. The average molecular weight is 244 g/mol. The van der Waals surface area contributed by atoms with Crippen molar-refractivity contribution in [2.75, 3.05) is 26.8 Å². The molecular formula is C11H20N2O4. The molecule has 0 bridgehead atoms. The number of carbonyl (C=O) groups is 2. The zero-order chi connectivity index (χ0) is 12.7. The Bertz CT molecular complexity index is 275. The summed E-state index contributed by atoms with van der Waals surface area (Å²) in [4.78, 5) is 22.9. The van der Waals surface area contributed by atoms with Crippen molar-refractivity contribution in [2.24, 2.45) is 0 Å². The molecule has 1 aliphatic rings. The summed E-state index contributed by atoms with van der Waals surface area (Å²) in [5, 5.41) is 14.8. The number of nitrogens with one attached hydrogen (secondary N) is 2. The van der Waals surface area contributed by atoms with Crippen LogP contribution in [0.5, 0.6) is 0 Å². The van der Waals surface area contributed by atoms with Crippen LogP contribution in [0.2, 0.25) is 0 Å². The van der Waals surface area contributed by atoms with Gasteiger partial charge in [-0.1, -0.05) is 0 Å². The number of amides is 1. The number of aliphatic carboxylic acids is 1. The first kappa shape index (κ1) is 13.9. The fourth-order valence-electron chi connectivity index (χ4n) is 1.87. The third-order valence-corrected chi connectivity index (χ3v) is 2.97. The van der Waals surface area contributed by atoms with Gasteiger partial charge in [-0.05, 0) is 20.0 Å². The molecule has 6 nitrogen and oxygen atoms in total. The van der Waals surface area contributed by atoms with Gasteiger partial charge in [0, 0.05) is 32.5 Å². The third kappa shape index (κ3) is 3.98. The van der Waals surface area contributed by atoms with Crippen molar-refractivity contribution >= 4 is 11.9 Å². The number of carbonyl (C=O) groups excluding carboxylic acids is 1. The minimum Gasteiger partial charge on any atom is -0.480 e. The number of ether oxygens (including phenoxy) is 1. The molecule has 0 spiro atoms. The first-order chi connectivity index (χ1) is 8.10. The average Bonchev–Trinajstić information content (AvgIpc) is 2.30. The van der Waals surface area contributed by atoms with E-state index < -0.39 is 11.5 Å². The summed E-state index contributed by atoms with van der Waals surface area (Å²) in [6.45, 7) is 1.50. The van der Waals surface area contributed by atoms with Gasteiger partial charge < -0.3 is 20.5 Å². The highest BCUT2D eigenvalue weighted by Crippen LogP contribution is 2.21. The third-order valence-electron chi connectivity index (χ3n) is 2.97. The minimum absolute atomic E-state index is 0.204. The van der Waals surface area contributed by atoms with Gasteiger partial charge in [0.25, 0.3) is 0 Å². The Hall–Kier alpha value is -1.14. The smallest absolute Gasteiger partial charge is 0.329 e. The molecule has 1 saturated heterocycles. The van der Waals surface area contributed by atoms with Gasteiger partial charge in [-0.2, -0.15) is 0 Å². The lowest BCUT2D eigenvalue weighted by Crippen LogP contribution is -2.57. The first-order valence-corrected chi connectivity index (χ1v) is 5.87. The number of rotatable bonds is 6. The molecule has 1 aliphatic heterocycles. The Balaban J connectivity index is 2.48. The lowest BCUT2D eigenvalue weighted by molar-refractivity contribution is -0.152. The second-order valence-electron chi connectivity index (χ2n) is 4.25. The topological polar surface area (TPSA) is 87.7 Å². The quantitative estimate of drug-likeness (QED) is 0.560. The van der Waals surface area contributed by atoms with Crippen molar-refractivity contribution in [1.29, 1.82) is 0 Å². The largest absolute Gasteiger partial charge is 0.480 e. The van der Waals surface area contributed by atoms with Crippen LogP contribution in [0.4, 0.5) is 0 Å². The van der Waals surface area contributed by atoms with Gasteiger partial charge in [0.05, 0.1) is 0 Å². The van der Waals surface area contributed by atoms with E-state index in [9.17, 15) is 14.7 Å². The van der Waals surface area contributed by atoms with E-state index in [1.807, 2.05) is 7.05 Å². The molecule has 0 aromatic rings. The van der Waals surface area contributed by atoms with E-state index in [4.69, 9.17) is 4.74 Å². The van der Waals surface area contributed by atoms with Crippen LogP contribution >= 0.6 is 0 Å². The summed E-state index contributed by atoms with van der Waals surface area (Å²) < 4.78 is 5.13. The highest BCUT2D eigenvalue weighted by atomic mass is 16.5. The van der Waals surface area contributed by atoms with Gasteiger partial charge >= 0.3 is 5.97 Å². The summed E-state index contributed by atoms with van der Waals surface area (Å²) in [5.74, 6) is -1.17. The van der Waals surface area contributed by atoms with Crippen LogP contribution in [-0.4, -0.2) is 49.3 Å². The Kier molecular flexibility index (Phi) is 5.37. The van der Waals surface area contributed by atoms with Crippen molar-refractivity contribution in [3.05, 3.63) is 0 Å². The highest BCUT2D eigenvalue weighted by molar-refractivity contribution is 5.87. The lowest BCUT2D eigenvalue weighted by Gasteiger charge is -2.33. The van der Waals surface area contributed by atoms with Crippen LogP contribution in [0.25, 0.3) is 0 Å². The molecule has 0 aliphatic carbocycles.